The first-order valence-electron chi connectivity index (χ1n) is 7.42. The van der Waals surface area contributed by atoms with E-state index in [1.807, 2.05) is 18.2 Å². The second kappa shape index (κ2) is 9.10. The molecule has 0 radical (unpaired) electrons. The van der Waals surface area contributed by atoms with Crippen molar-refractivity contribution in [2.45, 2.75) is 12.8 Å². The molecule has 0 saturated heterocycles. The van der Waals surface area contributed by atoms with E-state index >= 15 is 0 Å². The fourth-order valence-corrected chi connectivity index (χ4v) is 2.91. The molecule has 0 fully saturated rings. The van der Waals surface area contributed by atoms with Crippen LogP contribution in [0, 0.1) is 0 Å². The summed E-state index contributed by atoms with van der Waals surface area (Å²) in [6, 6.07) is 12.3. The molecule has 0 aliphatic heterocycles. The van der Waals surface area contributed by atoms with Gasteiger partial charge in [-0.25, -0.2) is 0 Å². The van der Waals surface area contributed by atoms with E-state index in [1.54, 1.807) is 25.5 Å². The number of hydrogen-bond donors (Lipinski definition) is 2. The molecular weight excluding hydrogens is 294 g/mol. The van der Waals surface area contributed by atoms with Crippen LogP contribution in [0.4, 0.5) is 0 Å². The Labute approximate surface area is 136 Å². The highest BCUT2D eigenvalue weighted by Gasteiger charge is 2.02. The summed E-state index contributed by atoms with van der Waals surface area (Å²) in [6.45, 7) is 1.70. The highest BCUT2D eigenvalue weighted by molar-refractivity contribution is 7.09. The molecule has 0 amide bonds. The Bertz CT molecular complexity index is 581. The molecule has 1 heterocycles. The van der Waals surface area contributed by atoms with Crippen LogP contribution in [0.5, 0.6) is 5.75 Å². The van der Waals surface area contributed by atoms with Crippen molar-refractivity contribution in [2.75, 3.05) is 27.2 Å². The summed E-state index contributed by atoms with van der Waals surface area (Å²) in [5.74, 6) is 1.77. The highest BCUT2D eigenvalue weighted by atomic mass is 32.1. The summed E-state index contributed by atoms with van der Waals surface area (Å²) >= 11 is 1.79. The van der Waals surface area contributed by atoms with Crippen molar-refractivity contribution in [3.63, 3.8) is 0 Å². The maximum absolute atomic E-state index is 5.36. The number of methoxy groups -OCH3 is 1. The standard InChI is InChI=1S/C17H23N3OS/c1-18-17(20-12-10-15-7-5-13-22-15)19-11-9-14-6-3-4-8-16(14)21-2/h3-8,13H,9-12H2,1-2H3,(H2,18,19,20). The largest absolute Gasteiger partial charge is 0.496 e. The van der Waals surface area contributed by atoms with Crippen molar-refractivity contribution in [3.8, 4) is 5.75 Å². The monoisotopic (exact) mass is 317 g/mol. The Morgan fingerprint density at radius 1 is 1.09 bits per heavy atom. The molecule has 22 heavy (non-hydrogen) atoms. The first-order valence-corrected chi connectivity index (χ1v) is 8.30. The third kappa shape index (κ3) is 5.07. The van der Waals surface area contributed by atoms with Gasteiger partial charge in [-0.2, -0.15) is 0 Å². The van der Waals surface area contributed by atoms with Crippen LogP contribution in [-0.4, -0.2) is 33.2 Å². The number of nitrogens with one attached hydrogen (secondary N) is 2. The zero-order valence-corrected chi connectivity index (χ0v) is 14.0. The minimum Gasteiger partial charge on any atom is -0.496 e. The van der Waals surface area contributed by atoms with Crippen LogP contribution in [0.25, 0.3) is 0 Å². The number of para-hydroxylation sites is 1. The number of rotatable bonds is 7. The summed E-state index contributed by atoms with van der Waals surface area (Å²) in [4.78, 5) is 5.63. The number of ether oxygens (including phenoxy) is 1. The number of hydrogen-bond acceptors (Lipinski definition) is 3. The summed E-state index contributed by atoms with van der Waals surface area (Å²) < 4.78 is 5.36. The molecule has 2 N–H and O–H groups in total. The molecular formula is C17H23N3OS. The topological polar surface area (TPSA) is 45.7 Å². The summed E-state index contributed by atoms with van der Waals surface area (Å²) in [7, 11) is 3.50. The van der Waals surface area contributed by atoms with Gasteiger partial charge in [0.15, 0.2) is 5.96 Å². The van der Waals surface area contributed by atoms with Gasteiger partial charge in [0.05, 0.1) is 7.11 Å². The van der Waals surface area contributed by atoms with Gasteiger partial charge in [0.25, 0.3) is 0 Å². The minimum atomic E-state index is 0.819. The molecule has 2 aromatic rings. The van der Waals surface area contributed by atoms with Gasteiger partial charge in [0.1, 0.15) is 5.75 Å². The Kier molecular flexibility index (Phi) is 6.77. The number of benzene rings is 1. The maximum atomic E-state index is 5.36. The van der Waals surface area contributed by atoms with E-state index < -0.39 is 0 Å². The van der Waals surface area contributed by atoms with Crippen LogP contribution in [0.1, 0.15) is 10.4 Å². The molecule has 0 unspecified atom stereocenters. The number of aliphatic imine (C=N–C) groups is 1. The first kappa shape index (κ1) is 16.4. The lowest BCUT2D eigenvalue weighted by Crippen LogP contribution is -2.39. The van der Waals surface area contributed by atoms with Crippen LogP contribution in [0.15, 0.2) is 46.8 Å². The second-order valence-electron chi connectivity index (χ2n) is 4.82. The lowest BCUT2D eigenvalue weighted by Gasteiger charge is -2.12. The van der Waals surface area contributed by atoms with Gasteiger partial charge in [-0.3, -0.25) is 4.99 Å². The zero-order chi connectivity index (χ0) is 15.6. The summed E-state index contributed by atoms with van der Waals surface area (Å²) in [5, 5.41) is 8.78. The molecule has 0 spiro atoms. The van der Waals surface area contributed by atoms with Crippen molar-refractivity contribution in [1.29, 1.82) is 0 Å². The van der Waals surface area contributed by atoms with Crippen LogP contribution in [0.2, 0.25) is 0 Å². The van der Waals surface area contributed by atoms with Crippen molar-refractivity contribution in [3.05, 3.63) is 52.2 Å². The van der Waals surface area contributed by atoms with Crippen molar-refractivity contribution < 1.29 is 4.74 Å². The van der Waals surface area contributed by atoms with E-state index in [9.17, 15) is 0 Å². The lowest BCUT2D eigenvalue weighted by atomic mass is 10.1. The fraction of sp³-hybridized carbons (Fsp3) is 0.353. The van der Waals surface area contributed by atoms with Gasteiger partial charge in [-0.05, 0) is 35.9 Å². The van der Waals surface area contributed by atoms with Crippen molar-refractivity contribution >= 4 is 17.3 Å². The van der Waals surface area contributed by atoms with Gasteiger partial charge < -0.3 is 15.4 Å². The fourth-order valence-electron chi connectivity index (χ4n) is 2.20. The zero-order valence-electron chi connectivity index (χ0n) is 13.1. The normalized spacial score (nSPS) is 11.3. The molecule has 2 rings (SSSR count). The maximum Gasteiger partial charge on any atom is 0.190 e. The number of nitrogens with zero attached hydrogens (tertiary/aromatic N) is 1. The molecule has 0 atom stereocenters. The van der Waals surface area contributed by atoms with E-state index in [1.165, 1.54) is 10.4 Å². The van der Waals surface area contributed by atoms with Gasteiger partial charge in [-0.1, -0.05) is 24.3 Å². The van der Waals surface area contributed by atoms with Gasteiger partial charge in [0.2, 0.25) is 0 Å². The summed E-state index contributed by atoms with van der Waals surface area (Å²) in [6.07, 6.45) is 1.92. The molecule has 5 heteroatoms. The molecule has 0 aliphatic rings. The van der Waals surface area contributed by atoms with Gasteiger partial charge >= 0.3 is 0 Å². The van der Waals surface area contributed by atoms with Crippen LogP contribution >= 0.6 is 11.3 Å². The molecule has 1 aromatic heterocycles. The molecule has 118 valence electrons. The van der Waals surface area contributed by atoms with Gasteiger partial charge in [0, 0.05) is 25.0 Å². The van der Waals surface area contributed by atoms with E-state index in [4.69, 9.17) is 4.74 Å². The van der Waals surface area contributed by atoms with Crippen LogP contribution < -0.4 is 15.4 Å². The average Bonchev–Trinajstić information content (AvgIpc) is 3.07. The SMILES string of the molecule is CN=C(NCCc1cccs1)NCCc1ccccc1OC. The number of thiophene rings is 1. The molecule has 0 bridgehead atoms. The third-order valence-electron chi connectivity index (χ3n) is 3.35. The van der Waals surface area contributed by atoms with E-state index in [2.05, 4.69) is 39.2 Å². The third-order valence-corrected chi connectivity index (χ3v) is 4.28. The Balaban J connectivity index is 1.72. The van der Waals surface area contributed by atoms with E-state index in [0.717, 1.165) is 37.6 Å². The average molecular weight is 317 g/mol. The minimum absolute atomic E-state index is 0.819. The molecule has 0 aliphatic carbocycles. The highest BCUT2D eigenvalue weighted by Crippen LogP contribution is 2.17. The van der Waals surface area contributed by atoms with E-state index in [-0.39, 0.29) is 0 Å². The summed E-state index contributed by atoms with van der Waals surface area (Å²) in [5.41, 5.74) is 1.20. The smallest absolute Gasteiger partial charge is 0.190 e. The van der Waals surface area contributed by atoms with Gasteiger partial charge in [-0.15, -0.1) is 11.3 Å². The molecule has 0 saturated carbocycles. The second-order valence-corrected chi connectivity index (χ2v) is 5.85. The Morgan fingerprint density at radius 2 is 1.86 bits per heavy atom. The predicted molar refractivity (Wildman–Crippen MR) is 94.1 cm³/mol. The van der Waals surface area contributed by atoms with Crippen LogP contribution in [0.3, 0.4) is 0 Å². The number of guanidine groups is 1. The van der Waals surface area contributed by atoms with E-state index in [0.29, 0.717) is 0 Å². The first-order chi connectivity index (χ1) is 10.8. The van der Waals surface area contributed by atoms with Crippen molar-refractivity contribution in [2.24, 2.45) is 4.99 Å². The Morgan fingerprint density at radius 3 is 2.55 bits per heavy atom. The predicted octanol–water partition coefficient (Wildman–Crippen LogP) is 2.71. The Hall–Kier alpha value is -2.01. The molecule has 4 nitrogen and oxygen atoms in total. The van der Waals surface area contributed by atoms with Crippen LogP contribution in [-0.2, 0) is 12.8 Å². The molecule has 1 aromatic carbocycles. The lowest BCUT2D eigenvalue weighted by molar-refractivity contribution is 0.409. The van der Waals surface area contributed by atoms with Crippen molar-refractivity contribution in [1.82, 2.24) is 10.6 Å². The quantitative estimate of drug-likeness (QED) is 0.610.